The first-order chi connectivity index (χ1) is 13.1. The molecule has 27 heavy (non-hydrogen) atoms. The van der Waals surface area contributed by atoms with Gasteiger partial charge in [-0.3, -0.25) is 9.00 Å². The molecule has 4 rings (SSSR count). The molecule has 1 unspecified atom stereocenters. The first kappa shape index (κ1) is 17.9. The van der Waals surface area contributed by atoms with Gasteiger partial charge < -0.3 is 10.6 Å². The Morgan fingerprint density at radius 3 is 2.67 bits per heavy atom. The van der Waals surface area contributed by atoms with Gasteiger partial charge in [-0.15, -0.1) is 11.3 Å². The van der Waals surface area contributed by atoms with Gasteiger partial charge in [0.25, 0.3) is 5.91 Å². The van der Waals surface area contributed by atoms with Gasteiger partial charge in [0, 0.05) is 50.2 Å². The van der Waals surface area contributed by atoms with E-state index in [2.05, 4.69) is 15.6 Å². The Labute approximate surface area is 164 Å². The first-order valence-corrected chi connectivity index (χ1v) is 11.1. The Bertz CT molecular complexity index is 994. The van der Waals surface area contributed by atoms with E-state index in [0.29, 0.717) is 17.3 Å². The number of rotatable bonds is 6. The Hall–Kier alpha value is -2.51. The zero-order valence-electron chi connectivity index (χ0n) is 14.8. The molecule has 0 bridgehead atoms. The molecular formula is C20H19N3O2S2. The van der Waals surface area contributed by atoms with Crippen LogP contribution in [0.25, 0.3) is 11.3 Å². The molecule has 1 aliphatic carbocycles. The second-order valence-corrected chi connectivity index (χ2v) is 8.71. The molecule has 5 nitrogen and oxygen atoms in total. The average Bonchev–Trinajstić information content (AvgIpc) is 3.36. The fourth-order valence-electron chi connectivity index (χ4n) is 2.63. The smallest absolute Gasteiger partial charge is 0.255 e. The quantitative estimate of drug-likeness (QED) is 0.648. The largest absolute Gasteiger partial charge is 0.359 e. The van der Waals surface area contributed by atoms with Gasteiger partial charge in [-0.2, -0.15) is 0 Å². The summed E-state index contributed by atoms with van der Waals surface area (Å²) in [6, 6.07) is 15.0. The maximum Gasteiger partial charge on any atom is 0.255 e. The summed E-state index contributed by atoms with van der Waals surface area (Å²) in [5.41, 5.74) is 3.02. The van der Waals surface area contributed by atoms with Crippen LogP contribution in [0.4, 0.5) is 10.8 Å². The van der Waals surface area contributed by atoms with Crippen LogP contribution in [0.3, 0.4) is 0 Å². The van der Waals surface area contributed by atoms with E-state index in [9.17, 15) is 9.00 Å². The zero-order chi connectivity index (χ0) is 18.8. The van der Waals surface area contributed by atoms with Crippen LogP contribution in [-0.2, 0) is 10.8 Å². The van der Waals surface area contributed by atoms with Gasteiger partial charge in [0.15, 0.2) is 5.13 Å². The molecule has 2 aromatic carbocycles. The van der Waals surface area contributed by atoms with E-state index in [4.69, 9.17) is 0 Å². The van der Waals surface area contributed by atoms with Crippen LogP contribution in [0.5, 0.6) is 0 Å². The molecule has 1 fully saturated rings. The highest BCUT2D eigenvalue weighted by atomic mass is 32.2. The number of benzene rings is 2. The van der Waals surface area contributed by atoms with E-state index in [1.54, 1.807) is 47.9 Å². The van der Waals surface area contributed by atoms with Gasteiger partial charge in [0.2, 0.25) is 0 Å². The van der Waals surface area contributed by atoms with Crippen LogP contribution in [0.1, 0.15) is 23.2 Å². The van der Waals surface area contributed by atoms with Gasteiger partial charge in [0.1, 0.15) is 0 Å². The maximum atomic E-state index is 12.6. The summed E-state index contributed by atoms with van der Waals surface area (Å²) in [5.74, 6) is -0.186. The molecule has 0 spiro atoms. The van der Waals surface area contributed by atoms with E-state index in [-0.39, 0.29) is 5.91 Å². The molecule has 138 valence electrons. The van der Waals surface area contributed by atoms with Crippen LogP contribution in [0.2, 0.25) is 0 Å². The first-order valence-electron chi connectivity index (χ1n) is 8.66. The van der Waals surface area contributed by atoms with Crippen molar-refractivity contribution in [3.63, 3.8) is 0 Å². The minimum absolute atomic E-state index is 0.186. The number of hydrogen-bond donors (Lipinski definition) is 2. The van der Waals surface area contributed by atoms with Crippen LogP contribution in [0, 0.1) is 0 Å². The number of carbonyl (C=O) groups is 1. The third-order valence-electron chi connectivity index (χ3n) is 4.27. The molecule has 3 aromatic rings. The van der Waals surface area contributed by atoms with Crippen molar-refractivity contribution >= 4 is 38.9 Å². The number of hydrogen-bond acceptors (Lipinski definition) is 5. The van der Waals surface area contributed by atoms with Crippen LogP contribution >= 0.6 is 11.3 Å². The topological polar surface area (TPSA) is 71.1 Å². The molecule has 1 aliphatic rings. The highest BCUT2D eigenvalue weighted by Gasteiger charge is 2.22. The Morgan fingerprint density at radius 2 is 1.96 bits per heavy atom. The molecule has 1 atom stereocenters. The van der Waals surface area contributed by atoms with Gasteiger partial charge in [-0.25, -0.2) is 4.98 Å². The highest BCUT2D eigenvalue weighted by Crippen LogP contribution is 2.30. The van der Waals surface area contributed by atoms with Crippen molar-refractivity contribution in [1.29, 1.82) is 0 Å². The molecule has 0 saturated heterocycles. The monoisotopic (exact) mass is 397 g/mol. The Balaban J connectivity index is 1.48. The molecule has 2 N–H and O–H groups in total. The molecule has 1 amide bonds. The van der Waals surface area contributed by atoms with Crippen molar-refractivity contribution in [2.45, 2.75) is 23.8 Å². The number of aromatic nitrogens is 1. The minimum atomic E-state index is -1.03. The molecular weight excluding hydrogens is 378 g/mol. The van der Waals surface area contributed by atoms with Crippen molar-refractivity contribution in [2.24, 2.45) is 0 Å². The summed E-state index contributed by atoms with van der Waals surface area (Å²) in [7, 11) is -1.03. The molecule has 0 aliphatic heterocycles. The summed E-state index contributed by atoms with van der Waals surface area (Å²) < 4.78 is 11.5. The minimum Gasteiger partial charge on any atom is -0.359 e. The van der Waals surface area contributed by atoms with Crippen LogP contribution < -0.4 is 10.6 Å². The van der Waals surface area contributed by atoms with Gasteiger partial charge in [-0.1, -0.05) is 12.1 Å². The average molecular weight is 398 g/mol. The van der Waals surface area contributed by atoms with E-state index in [1.165, 1.54) is 12.8 Å². The molecule has 7 heteroatoms. The fraction of sp³-hybridized carbons (Fsp3) is 0.200. The van der Waals surface area contributed by atoms with Crippen molar-refractivity contribution in [2.75, 3.05) is 16.9 Å². The van der Waals surface area contributed by atoms with Gasteiger partial charge >= 0.3 is 0 Å². The predicted molar refractivity (Wildman–Crippen MR) is 111 cm³/mol. The third kappa shape index (κ3) is 4.43. The SMILES string of the molecule is CS(=O)c1ccc(NC(=O)c2cccc(-c3csc(NC4CC4)n3)c2)cc1. The van der Waals surface area contributed by atoms with Crippen LogP contribution in [0.15, 0.2) is 58.8 Å². The number of thiazole rings is 1. The van der Waals surface area contributed by atoms with Gasteiger partial charge in [-0.05, 0) is 49.2 Å². The van der Waals surface area contributed by atoms with Crippen molar-refractivity contribution in [3.05, 3.63) is 59.5 Å². The Kier molecular flexibility index (Phi) is 5.05. The standard InChI is InChI=1S/C20H19N3O2S2/c1-27(25)17-9-7-15(8-10-17)21-19(24)14-4-2-3-13(11-14)18-12-26-20(23-18)22-16-5-6-16/h2-4,7-12,16H,5-6H2,1H3,(H,21,24)(H,22,23). The second kappa shape index (κ2) is 7.62. The number of nitrogens with one attached hydrogen (secondary N) is 2. The molecule has 0 radical (unpaired) electrons. The van der Waals surface area contributed by atoms with Crippen molar-refractivity contribution in [3.8, 4) is 11.3 Å². The number of amides is 1. The number of carbonyl (C=O) groups excluding carboxylic acids is 1. The van der Waals surface area contributed by atoms with Gasteiger partial charge in [0.05, 0.1) is 5.69 Å². The normalized spacial score (nSPS) is 14.6. The fourth-order valence-corrected chi connectivity index (χ4v) is 3.95. The van der Waals surface area contributed by atoms with Crippen LogP contribution in [-0.4, -0.2) is 27.4 Å². The Morgan fingerprint density at radius 1 is 1.19 bits per heavy atom. The lowest BCUT2D eigenvalue weighted by molar-refractivity contribution is 0.102. The zero-order valence-corrected chi connectivity index (χ0v) is 16.4. The van der Waals surface area contributed by atoms with E-state index in [0.717, 1.165) is 21.3 Å². The molecule has 1 saturated carbocycles. The van der Waals surface area contributed by atoms with Crippen molar-refractivity contribution < 1.29 is 9.00 Å². The molecule has 1 heterocycles. The van der Waals surface area contributed by atoms with E-state index >= 15 is 0 Å². The summed E-state index contributed by atoms with van der Waals surface area (Å²) in [6.07, 6.45) is 4.04. The van der Waals surface area contributed by atoms with Crippen molar-refractivity contribution in [1.82, 2.24) is 4.98 Å². The maximum absolute atomic E-state index is 12.6. The summed E-state index contributed by atoms with van der Waals surface area (Å²) in [5, 5.41) is 9.20. The molecule has 1 aromatic heterocycles. The highest BCUT2D eigenvalue weighted by molar-refractivity contribution is 7.84. The second-order valence-electron chi connectivity index (χ2n) is 6.47. The predicted octanol–water partition coefficient (Wildman–Crippen LogP) is 4.37. The van der Waals surface area contributed by atoms with E-state index < -0.39 is 10.8 Å². The summed E-state index contributed by atoms with van der Waals surface area (Å²) in [4.78, 5) is 17.9. The van der Waals surface area contributed by atoms with E-state index in [1.807, 2.05) is 23.6 Å². The summed E-state index contributed by atoms with van der Waals surface area (Å²) >= 11 is 1.59. The lowest BCUT2D eigenvalue weighted by Crippen LogP contribution is -2.11. The summed E-state index contributed by atoms with van der Waals surface area (Å²) in [6.45, 7) is 0. The third-order valence-corrected chi connectivity index (χ3v) is 5.98. The lowest BCUT2D eigenvalue weighted by Gasteiger charge is -2.07. The lowest BCUT2D eigenvalue weighted by atomic mass is 10.1. The number of anilines is 2. The number of nitrogens with zero attached hydrogens (tertiary/aromatic N) is 1.